The second-order valence-electron chi connectivity index (χ2n) is 10.1. The van der Waals surface area contributed by atoms with Crippen molar-refractivity contribution in [1.82, 2.24) is 9.97 Å². The highest BCUT2D eigenvalue weighted by Gasteiger charge is 2.21. The van der Waals surface area contributed by atoms with Crippen LogP contribution in [-0.2, 0) is 0 Å². The van der Waals surface area contributed by atoms with Gasteiger partial charge in [-0.2, -0.15) is 0 Å². The average molecular weight is 515 g/mol. The van der Waals surface area contributed by atoms with Crippen molar-refractivity contribution in [3.8, 4) is 0 Å². The molecule has 40 heavy (non-hydrogen) atoms. The molecule has 6 aromatic carbocycles. The minimum absolute atomic E-state index is 1.10. The minimum Gasteiger partial charge on any atom is -0.366 e. The van der Waals surface area contributed by atoms with Gasteiger partial charge in [-0.25, -0.2) is 0 Å². The molecule has 4 heteroatoms. The van der Waals surface area contributed by atoms with E-state index in [0.29, 0.717) is 0 Å². The van der Waals surface area contributed by atoms with Crippen molar-refractivity contribution in [3.05, 3.63) is 146 Å². The lowest BCUT2D eigenvalue weighted by Crippen LogP contribution is -2.10. The van der Waals surface area contributed by atoms with Crippen LogP contribution in [0.3, 0.4) is 0 Å². The van der Waals surface area contributed by atoms with Crippen LogP contribution in [0.5, 0.6) is 0 Å². The summed E-state index contributed by atoms with van der Waals surface area (Å²) in [6.45, 7) is 0. The van der Waals surface area contributed by atoms with Crippen molar-refractivity contribution in [2.45, 2.75) is 0 Å². The Morgan fingerprint density at radius 3 is 1.20 bits per heavy atom. The van der Waals surface area contributed by atoms with Crippen LogP contribution < -0.4 is 9.80 Å². The molecule has 8 rings (SSSR count). The number of aromatic amines is 2. The molecule has 2 heterocycles. The Bertz CT molecular complexity index is 1890. The predicted octanol–water partition coefficient (Wildman–Crippen LogP) is 10.2. The second kappa shape index (κ2) is 9.07. The summed E-state index contributed by atoms with van der Waals surface area (Å²) in [5.41, 5.74) is 6.77. The Balaban J connectivity index is 1.42. The Labute approximate surface area is 232 Å². The topological polar surface area (TPSA) is 38.1 Å². The Hall–Kier alpha value is -5.48. The highest BCUT2D eigenvalue weighted by atomic mass is 15.2. The van der Waals surface area contributed by atoms with Gasteiger partial charge in [0.25, 0.3) is 0 Å². The molecule has 0 aliphatic rings. The number of aromatic nitrogens is 2. The third-order valence-electron chi connectivity index (χ3n) is 7.81. The number of nitrogens with one attached hydrogen (secondary N) is 2. The van der Waals surface area contributed by atoms with Gasteiger partial charge >= 0.3 is 0 Å². The maximum absolute atomic E-state index is 3.25. The number of nitrogens with zero attached hydrogens (tertiary/aromatic N) is 2. The molecule has 0 unspecified atom stereocenters. The molecule has 0 saturated carbocycles. The molecule has 8 aromatic rings. The van der Waals surface area contributed by atoms with Crippen LogP contribution in [0.4, 0.5) is 34.1 Å². The van der Waals surface area contributed by atoms with E-state index in [0.717, 1.165) is 34.1 Å². The summed E-state index contributed by atoms with van der Waals surface area (Å²) < 4.78 is 0. The van der Waals surface area contributed by atoms with Gasteiger partial charge in [-0.3, -0.25) is 0 Å². The highest BCUT2D eigenvalue weighted by Crippen LogP contribution is 2.47. The molecule has 0 bridgehead atoms. The summed E-state index contributed by atoms with van der Waals surface area (Å²) in [4.78, 5) is 11.2. The van der Waals surface area contributed by atoms with Crippen LogP contribution in [0.15, 0.2) is 146 Å². The fourth-order valence-electron chi connectivity index (χ4n) is 6.08. The number of rotatable bonds is 6. The summed E-state index contributed by atoms with van der Waals surface area (Å²) in [6.07, 6.45) is 8.06. The Morgan fingerprint density at radius 1 is 0.375 bits per heavy atom. The Kier molecular flexibility index (Phi) is 5.10. The summed E-state index contributed by atoms with van der Waals surface area (Å²) in [6, 6.07) is 43.5. The maximum Gasteiger partial charge on any atom is 0.0636 e. The van der Waals surface area contributed by atoms with Crippen molar-refractivity contribution in [1.29, 1.82) is 0 Å². The van der Waals surface area contributed by atoms with E-state index in [-0.39, 0.29) is 0 Å². The van der Waals surface area contributed by atoms with Crippen molar-refractivity contribution in [2.75, 3.05) is 9.80 Å². The minimum atomic E-state index is 1.10. The lowest BCUT2D eigenvalue weighted by atomic mass is 9.92. The zero-order valence-electron chi connectivity index (χ0n) is 21.8. The quantitative estimate of drug-likeness (QED) is 0.217. The van der Waals surface area contributed by atoms with Gasteiger partial charge < -0.3 is 19.8 Å². The molecule has 0 atom stereocenters. The zero-order valence-corrected chi connectivity index (χ0v) is 21.8. The van der Waals surface area contributed by atoms with Crippen molar-refractivity contribution >= 4 is 66.4 Å². The van der Waals surface area contributed by atoms with Crippen molar-refractivity contribution in [3.63, 3.8) is 0 Å². The number of hydrogen-bond donors (Lipinski definition) is 2. The van der Waals surface area contributed by atoms with Gasteiger partial charge in [-0.05, 0) is 70.1 Å². The van der Waals surface area contributed by atoms with Crippen LogP contribution in [0.2, 0.25) is 0 Å². The first-order chi connectivity index (χ1) is 19.9. The third kappa shape index (κ3) is 3.47. The lowest BCUT2D eigenvalue weighted by Gasteiger charge is -2.28. The summed E-state index contributed by atoms with van der Waals surface area (Å²) in [5, 5.41) is 7.50. The zero-order chi connectivity index (χ0) is 26.5. The summed E-state index contributed by atoms with van der Waals surface area (Å²) in [7, 11) is 0. The second-order valence-corrected chi connectivity index (χ2v) is 10.1. The van der Waals surface area contributed by atoms with Gasteiger partial charge in [0.05, 0.1) is 22.7 Å². The first-order valence-electron chi connectivity index (χ1n) is 13.5. The monoisotopic (exact) mass is 514 g/mol. The molecule has 190 valence electrons. The fraction of sp³-hybridized carbons (Fsp3) is 0. The number of para-hydroxylation sites is 2. The van der Waals surface area contributed by atoms with E-state index in [2.05, 4.69) is 153 Å². The first-order valence-corrected chi connectivity index (χ1v) is 13.5. The highest BCUT2D eigenvalue weighted by molar-refractivity contribution is 6.28. The van der Waals surface area contributed by atoms with E-state index in [4.69, 9.17) is 0 Å². The van der Waals surface area contributed by atoms with Crippen molar-refractivity contribution in [2.24, 2.45) is 0 Å². The molecule has 0 aliphatic heterocycles. The lowest BCUT2D eigenvalue weighted by molar-refractivity contribution is 1.29. The standard InChI is InChI=1S/C36H26N4/c1-3-7-27(8-4-1)39(29-19-21-37-23-29)33-17-13-25-12-16-32-34(18-14-26-11-15-31(33)35(25)36(26)32)40(30-20-22-38-24-30)28-9-5-2-6-10-28/h1-24,37-38H. The van der Waals surface area contributed by atoms with E-state index in [9.17, 15) is 0 Å². The molecule has 4 nitrogen and oxygen atoms in total. The van der Waals surface area contributed by atoms with Crippen LogP contribution in [0, 0.1) is 0 Å². The Morgan fingerprint density at radius 2 is 0.800 bits per heavy atom. The van der Waals surface area contributed by atoms with E-state index >= 15 is 0 Å². The van der Waals surface area contributed by atoms with E-state index < -0.39 is 0 Å². The van der Waals surface area contributed by atoms with Gasteiger partial charge in [-0.1, -0.05) is 72.8 Å². The van der Waals surface area contributed by atoms with Crippen LogP contribution in [-0.4, -0.2) is 9.97 Å². The number of anilines is 6. The van der Waals surface area contributed by atoms with E-state index in [1.165, 1.54) is 32.3 Å². The van der Waals surface area contributed by atoms with Crippen LogP contribution >= 0.6 is 0 Å². The fourth-order valence-corrected chi connectivity index (χ4v) is 6.08. The first kappa shape index (κ1) is 22.5. The molecule has 0 fully saturated rings. The SMILES string of the molecule is c1ccc(N(c2cc[nH]c2)c2ccc3ccc4c(N(c5ccccc5)c5cc[nH]c5)ccc5ccc2c3c54)cc1. The normalized spacial score (nSPS) is 11.5. The third-order valence-corrected chi connectivity index (χ3v) is 7.81. The molecule has 0 amide bonds. The molecular formula is C36H26N4. The summed E-state index contributed by atoms with van der Waals surface area (Å²) in [5.74, 6) is 0. The molecule has 2 N–H and O–H groups in total. The molecule has 0 saturated heterocycles. The van der Waals surface area contributed by atoms with Gasteiger partial charge in [0.2, 0.25) is 0 Å². The van der Waals surface area contributed by atoms with Gasteiger partial charge in [0, 0.05) is 46.9 Å². The molecule has 0 spiro atoms. The molecule has 0 aliphatic carbocycles. The largest absolute Gasteiger partial charge is 0.366 e. The van der Waals surface area contributed by atoms with Gasteiger partial charge in [0.15, 0.2) is 0 Å². The molecular weight excluding hydrogens is 488 g/mol. The molecule has 0 radical (unpaired) electrons. The number of hydrogen-bond acceptors (Lipinski definition) is 2. The van der Waals surface area contributed by atoms with Crippen LogP contribution in [0.1, 0.15) is 0 Å². The summed E-state index contributed by atoms with van der Waals surface area (Å²) >= 11 is 0. The average Bonchev–Trinajstić information content (AvgIpc) is 3.74. The van der Waals surface area contributed by atoms with E-state index in [1.54, 1.807) is 0 Å². The number of H-pyrrole nitrogens is 2. The smallest absolute Gasteiger partial charge is 0.0636 e. The van der Waals surface area contributed by atoms with Crippen molar-refractivity contribution < 1.29 is 0 Å². The molecule has 2 aromatic heterocycles. The van der Waals surface area contributed by atoms with Gasteiger partial charge in [-0.15, -0.1) is 0 Å². The number of benzene rings is 6. The van der Waals surface area contributed by atoms with Crippen LogP contribution in [0.25, 0.3) is 32.3 Å². The van der Waals surface area contributed by atoms with Gasteiger partial charge in [0.1, 0.15) is 0 Å². The maximum atomic E-state index is 3.25. The van der Waals surface area contributed by atoms with E-state index in [1.807, 2.05) is 12.4 Å². The predicted molar refractivity (Wildman–Crippen MR) is 168 cm³/mol.